The summed E-state index contributed by atoms with van der Waals surface area (Å²) in [6.45, 7) is 0. The Morgan fingerprint density at radius 1 is 1.42 bits per heavy atom. The molecule has 0 aliphatic rings. The lowest BCUT2D eigenvalue weighted by atomic mass is 10.3. The Morgan fingerprint density at radius 2 is 2.21 bits per heavy atom. The molecule has 19 heavy (non-hydrogen) atoms. The third-order valence-corrected chi connectivity index (χ3v) is 2.85. The van der Waals surface area contributed by atoms with E-state index < -0.39 is 6.03 Å². The molecule has 0 saturated heterocycles. The molecule has 2 heterocycles. The van der Waals surface area contributed by atoms with Crippen molar-refractivity contribution in [2.24, 2.45) is 5.73 Å². The fraction of sp³-hybridized carbons (Fsp3) is 0. The normalized spacial score (nSPS) is 10.7. The van der Waals surface area contributed by atoms with E-state index in [4.69, 9.17) is 18.0 Å². The molecule has 4 N–H and O–H groups in total. The van der Waals surface area contributed by atoms with Crippen LogP contribution in [0.1, 0.15) is 0 Å². The first kappa shape index (κ1) is 11.4. The fourth-order valence-corrected chi connectivity index (χ4v) is 2.13. The standard InChI is InChI=1S/C10H9N7OS/c11-8(18)17(9-12-5-13-15-9)16-7-4-2-1-3-6(7)14-10(16)19/h1-5H,(H2,11,18)(H,14,19)(H,12,13,15). The van der Waals surface area contributed by atoms with Gasteiger partial charge in [-0.3, -0.25) is 0 Å². The number of nitrogens with one attached hydrogen (secondary N) is 2. The van der Waals surface area contributed by atoms with Crippen molar-refractivity contribution in [3.63, 3.8) is 0 Å². The van der Waals surface area contributed by atoms with E-state index in [9.17, 15) is 4.79 Å². The van der Waals surface area contributed by atoms with Crippen LogP contribution in [0.2, 0.25) is 0 Å². The predicted molar refractivity (Wildman–Crippen MR) is 71.0 cm³/mol. The van der Waals surface area contributed by atoms with Crippen LogP contribution >= 0.6 is 12.2 Å². The highest BCUT2D eigenvalue weighted by Gasteiger charge is 2.20. The van der Waals surface area contributed by atoms with Crippen LogP contribution in [-0.4, -0.2) is 30.9 Å². The van der Waals surface area contributed by atoms with Crippen LogP contribution in [0, 0.1) is 4.77 Å². The third kappa shape index (κ3) is 1.76. The van der Waals surface area contributed by atoms with Gasteiger partial charge in [-0.05, 0) is 24.4 Å². The molecule has 0 saturated carbocycles. The number of amides is 2. The van der Waals surface area contributed by atoms with E-state index in [-0.39, 0.29) is 5.95 Å². The van der Waals surface area contributed by atoms with Crippen LogP contribution < -0.4 is 10.7 Å². The summed E-state index contributed by atoms with van der Waals surface area (Å²) in [5.74, 6) is 0.188. The molecule has 2 amide bonds. The van der Waals surface area contributed by atoms with Gasteiger partial charge < -0.3 is 10.7 Å². The van der Waals surface area contributed by atoms with Gasteiger partial charge in [-0.1, -0.05) is 12.1 Å². The second-order valence-electron chi connectivity index (χ2n) is 3.72. The smallest absolute Gasteiger partial charge is 0.341 e. The minimum Gasteiger partial charge on any atom is -0.350 e. The first-order valence-corrected chi connectivity index (χ1v) is 5.74. The number of aromatic amines is 2. The molecule has 0 fully saturated rings. The number of H-pyrrole nitrogens is 2. The van der Waals surface area contributed by atoms with E-state index in [2.05, 4.69) is 20.2 Å². The molecule has 96 valence electrons. The number of hydrogen-bond donors (Lipinski definition) is 3. The minimum atomic E-state index is -0.724. The number of carbonyl (C=O) groups is 1. The van der Waals surface area contributed by atoms with E-state index in [1.54, 1.807) is 0 Å². The summed E-state index contributed by atoms with van der Waals surface area (Å²) in [4.78, 5) is 18.6. The van der Waals surface area contributed by atoms with Crippen LogP contribution in [0.5, 0.6) is 0 Å². The molecular weight excluding hydrogens is 266 g/mol. The van der Waals surface area contributed by atoms with Crippen molar-refractivity contribution in [2.45, 2.75) is 0 Å². The molecule has 0 aliphatic carbocycles. The van der Waals surface area contributed by atoms with Gasteiger partial charge in [-0.15, -0.1) is 0 Å². The third-order valence-electron chi connectivity index (χ3n) is 2.58. The number of hydrogen-bond acceptors (Lipinski definition) is 4. The number of para-hydroxylation sites is 2. The summed E-state index contributed by atoms with van der Waals surface area (Å²) in [6.07, 6.45) is 1.28. The average molecular weight is 275 g/mol. The van der Waals surface area contributed by atoms with E-state index >= 15 is 0 Å². The highest BCUT2D eigenvalue weighted by molar-refractivity contribution is 7.71. The molecule has 0 aliphatic heterocycles. The van der Waals surface area contributed by atoms with Gasteiger partial charge in [-0.2, -0.15) is 15.1 Å². The number of imidazole rings is 1. The van der Waals surface area contributed by atoms with Gasteiger partial charge in [0.05, 0.1) is 11.0 Å². The quantitative estimate of drug-likeness (QED) is 0.610. The van der Waals surface area contributed by atoms with Crippen molar-refractivity contribution in [3.05, 3.63) is 35.4 Å². The summed E-state index contributed by atoms with van der Waals surface area (Å²) in [5, 5.41) is 7.40. The summed E-state index contributed by atoms with van der Waals surface area (Å²) in [6, 6.07) is 6.63. The Hall–Kier alpha value is -2.68. The Bertz CT molecular complexity index is 788. The number of benzene rings is 1. The molecule has 8 nitrogen and oxygen atoms in total. The number of primary amides is 1. The zero-order valence-corrected chi connectivity index (χ0v) is 10.4. The van der Waals surface area contributed by atoms with Crippen LogP contribution in [0.3, 0.4) is 0 Å². The van der Waals surface area contributed by atoms with E-state index in [1.165, 1.54) is 11.0 Å². The Morgan fingerprint density at radius 3 is 2.89 bits per heavy atom. The molecule has 0 bridgehead atoms. The zero-order chi connectivity index (χ0) is 13.4. The van der Waals surface area contributed by atoms with Crippen molar-refractivity contribution in [3.8, 4) is 0 Å². The highest BCUT2D eigenvalue weighted by Crippen LogP contribution is 2.17. The van der Waals surface area contributed by atoms with Crippen LogP contribution in [0.4, 0.5) is 10.7 Å². The van der Waals surface area contributed by atoms with E-state index in [0.717, 1.165) is 10.5 Å². The first-order chi connectivity index (χ1) is 9.18. The molecule has 2 aromatic heterocycles. The molecule has 0 radical (unpaired) electrons. The van der Waals surface area contributed by atoms with Crippen LogP contribution in [0.15, 0.2) is 30.6 Å². The summed E-state index contributed by atoms with van der Waals surface area (Å²) in [5.41, 5.74) is 6.90. The van der Waals surface area contributed by atoms with Crippen LogP contribution in [0.25, 0.3) is 11.0 Å². The van der Waals surface area contributed by atoms with E-state index in [0.29, 0.717) is 10.3 Å². The average Bonchev–Trinajstić information content (AvgIpc) is 2.99. The lowest BCUT2D eigenvalue weighted by Gasteiger charge is -2.18. The second kappa shape index (κ2) is 4.21. The number of nitrogens with zero attached hydrogens (tertiary/aromatic N) is 4. The maximum Gasteiger partial charge on any atom is 0.341 e. The minimum absolute atomic E-state index is 0.188. The molecule has 3 rings (SSSR count). The predicted octanol–water partition coefficient (Wildman–Crippen LogP) is 1.17. The Balaban J connectivity index is 2.30. The molecule has 9 heteroatoms. The maximum absolute atomic E-state index is 11.7. The molecule has 1 aromatic carbocycles. The van der Waals surface area contributed by atoms with Gasteiger partial charge >= 0.3 is 6.03 Å². The number of carbonyl (C=O) groups excluding carboxylic acids is 1. The number of fused-ring (bicyclic) bond motifs is 1. The molecule has 3 aromatic rings. The summed E-state index contributed by atoms with van der Waals surface area (Å²) < 4.78 is 1.80. The van der Waals surface area contributed by atoms with Gasteiger partial charge in [0.1, 0.15) is 6.33 Å². The number of rotatable bonds is 2. The molecule has 0 spiro atoms. The van der Waals surface area contributed by atoms with Crippen molar-refractivity contribution in [1.29, 1.82) is 0 Å². The number of urea groups is 1. The Labute approximate surface area is 111 Å². The van der Waals surface area contributed by atoms with Gasteiger partial charge in [0.25, 0.3) is 0 Å². The van der Waals surface area contributed by atoms with Crippen molar-refractivity contribution in [2.75, 3.05) is 5.01 Å². The zero-order valence-electron chi connectivity index (χ0n) is 9.57. The summed E-state index contributed by atoms with van der Waals surface area (Å²) >= 11 is 5.22. The lowest BCUT2D eigenvalue weighted by molar-refractivity contribution is 0.251. The largest absolute Gasteiger partial charge is 0.350 e. The van der Waals surface area contributed by atoms with E-state index in [1.807, 2.05) is 24.3 Å². The maximum atomic E-state index is 11.7. The SMILES string of the molecule is NC(=O)N(c1ncn[nH]1)n1c(=S)[nH]c2ccccc21. The highest BCUT2D eigenvalue weighted by atomic mass is 32.1. The first-order valence-electron chi connectivity index (χ1n) is 5.33. The van der Waals surface area contributed by atoms with Gasteiger partial charge in [0.15, 0.2) is 4.77 Å². The molecular formula is C10H9N7OS. The second-order valence-corrected chi connectivity index (χ2v) is 4.10. The fourth-order valence-electron chi connectivity index (χ4n) is 1.84. The van der Waals surface area contributed by atoms with Gasteiger partial charge in [0.2, 0.25) is 5.95 Å². The van der Waals surface area contributed by atoms with Crippen molar-refractivity contribution in [1.82, 2.24) is 24.8 Å². The van der Waals surface area contributed by atoms with Gasteiger partial charge in [0, 0.05) is 0 Å². The van der Waals surface area contributed by atoms with Crippen molar-refractivity contribution < 1.29 is 4.79 Å². The number of aromatic nitrogens is 5. The topological polar surface area (TPSA) is 109 Å². The molecule has 0 atom stereocenters. The van der Waals surface area contributed by atoms with Crippen molar-refractivity contribution >= 4 is 35.2 Å². The molecule has 0 unspecified atom stereocenters. The van der Waals surface area contributed by atoms with Gasteiger partial charge in [-0.25, -0.2) is 14.6 Å². The summed E-state index contributed by atoms with van der Waals surface area (Å²) in [7, 11) is 0. The lowest BCUT2D eigenvalue weighted by Crippen LogP contribution is -2.40. The Kier molecular flexibility index (Phi) is 2.53. The number of anilines is 1. The van der Waals surface area contributed by atoms with Crippen LogP contribution in [-0.2, 0) is 0 Å². The monoisotopic (exact) mass is 275 g/mol. The number of nitrogens with two attached hydrogens (primary N) is 1.